The highest BCUT2D eigenvalue weighted by atomic mass is 16.3. The second-order valence-corrected chi connectivity index (χ2v) is 9.38. The van der Waals surface area contributed by atoms with Gasteiger partial charge in [0.2, 0.25) is 5.91 Å². The highest BCUT2D eigenvalue weighted by molar-refractivity contribution is 5.75. The van der Waals surface area contributed by atoms with Crippen molar-refractivity contribution in [3.8, 4) is 0 Å². The molecule has 2 N–H and O–H groups in total. The summed E-state index contributed by atoms with van der Waals surface area (Å²) in [4.78, 5) is 13.3. The van der Waals surface area contributed by atoms with Crippen molar-refractivity contribution in [2.45, 2.75) is 57.7 Å². The minimum Gasteiger partial charge on any atom is -0.392 e. The molecule has 0 heterocycles. The number of amides is 1. The first-order chi connectivity index (χ1) is 14.8. The van der Waals surface area contributed by atoms with Crippen molar-refractivity contribution in [2.24, 2.45) is 17.8 Å². The molecule has 1 aromatic rings. The van der Waals surface area contributed by atoms with Gasteiger partial charge < -0.3 is 15.1 Å². The predicted octanol–water partition coefficient (Wildman–Crippen LogP) is 4.21. The third-order valence-corrected chi connectivity index (χ3v) is 6.58. The Hall–Kier alpha value is -2.17. The smallest absolute Gasteiger partial charge is 0.222 e. The van der Waals surface area contributed by atoms with Gasteiger partial charge in [-0.05, 0) is 50.0 Å². The second kappa shape index (κ2) is 10.9. The molecule has 1 saturated carbocycles. The number of aliphatic hydroxyl groups excluding tert-OH is 2. The van der Waals surface area contributed by atoms with E-state index in [1.165, 1.54) is 11.1 Å². The van der Waals surface area contributed by atoms with Crippen LogP contribution >= 0.6 is 0 Å². The standard InChI is InChI=1S/C27H37NO3/c1-19-8-7-10-20(14-19)16-23(29)12-13-24-25-17-21(15-22(25)18-26(24)30)9-5-4-6-11-27(31)28(2)3/h5,7-10,12-15,22-26,29-30H,4,6,11,16-18H2,1-3H3/b9-5-,13-12+/t22-,23-,24+,25-,26+/m0/s1. The molecule has 0 unspecified atom stereocenters. The van der Waals surface area contributed by atoms with E-state index in [2.05, 4.69) is 37.3 Å². The summed E-state index contributed by atoms with van der Waals surface area (Å²) in [5.41, 5.74) is 3.66. The van der Waals surface area contributed by atoms with Crippen LogP contribution in [0.1, 0.15) is 43.2 Å². The quantitative estimate of drug-likeness (QED) is 0.462. The molecule has 2 aliphatic rings. The summed E-state index contributed by atoms with van der Waals surface area (Å²) in [6, 6.07) is 8.23. The van der Waals surface area contributed by atoms with Gasteiger partial charge in [0.25, 0.3) is 0 Å². The minimum atomic E-state index is -0.536. The molecule has 31 heavy (non-hydrogen) atoms. The van der Waals surface area contributed by atoms with E-state index in [1.807, 2.05) is 24.3 Å². The van der Waals surface area contributed by atoms with Gasteiger partial charge in [-0.3, -0.25) is 4.79 Å². The first kappa shape index (κ1) is 23.5. The van der Waals surface area contributed by atoms with Crippen LogP contribution in [0.3, 0.4) is 0 Å². The average Bonchev–Trinajstić information content (AvgIpc) is 3.22. The molecule has 2 aliphatic carbocycles. The number of rotatable bonds is 9. The molecule has 0 radical (unpaired) electrons. The lowest BCUT2D eigenvalue weighted by molar-refractivity contribution is -0.128. The van der Waals surface area contributed by atoms with Crippen LogP contribution in [0.15, 0.2) is 60.2 Å². The number of fused-ring (bicyclic) bond motifs is 1. The third kappa shape index (κ3) is 6.65. The van der Waals surface area contributed by atoms with E-state index in [9.17, 15) is 15.0 Å². The number of carbonyl (C=O) groups excluding carboxylic acids is 1. The number of hydrogen-bond donors (Lipinski definition) is 2. The summed E-state index contributed by atoms with van der Waals surface area (Å²) in [5.74, 6) is 1.09. The third-order valence-electron chi connectivity index (χ3n) is 6.58. The van der Waals surface area contributed by atoms with Crippen LogP contribution in [0.2, 0.25) is 0 Å². The summed E-state index contributed by atoms with van der Waals surface area (Å²) in [6.45, 7) is 2.06. The van der Waals surface area contributed by atoms with Gasteiger partial charge in [-0.1, -0.05) is 65.8 Å². The van der Waals surface area contributed by atoms with Crippen molar-refractivity contribution >= 4 is 5.91 Å². The van der Waals surface area contributed by atoms with E-state index in [0.29, 0.717) is 24.7 Å². The SMILES string of the molecule is Cc1cccc(C[C@@H](O)/C=C/[C@@H]2[C@H]3CC(/C=C\CCCC(=O)N(C)C)=C[C@H]3C[C@H]2O)c1. The first-order valence-electron chi connectivity index (χ1n) is 11.5. The number of aryl methyl sites for hydroxylation is 1. The fourth-order valence-corrected chi connectivity index (χ4v) is 4.91. The van der Waals surface area contributed by atoms with Crippen molar-refractivity contribution in [3.05, 3.63) is 71.3 Å². The molecule has 0 saturated heterocycles. The number of nitrogens with zero attached hydrogens (tertiary/aromatic N) is 1. The highest BCUT2D eigenvalue weighted by Gasteiger charge is 2.42. The fraction of sp³-hybridized carbons (Fsp3) is 0.519. The molecule has 1 fully saturated rings. The topological polar surface area (TPSA) is 60.8 Å². The molecule has 4 nitrogen and oxygen atoms in total. The van der Waals surface area contributed by atoms with E-state index >= 15 is 0 Å². The number of aliphatic hydroxyl groups is 2. The van der Waals surface area contributed by atoms with Crippen molar-refractivity contribution < 1.29 is 15.0 Å². The molecule has 0 aliphatic heterocycles. The van der Waals surface area contributed by atoms with Crippen LogP contribution in [-0.4, -0.2) is 47.3 Å². The average molecular weight is 424 g/mol. The lowest BCUT2D eigenvalue weighted by Gasteiger charge is -2.18. The lowest BCUT2D eigenvalue weighted by Crippen LogP contribution is -2.20. The molecule has 0 aromatic heterocycles. The van der Waals surface area contributed by atoms with Crippen molar-refractivity contribution in [3.63, 3.8) is 0 Å². The number of benzene rings is 1. The molecule has 3 rings (SSSR count). The Kier molecular flexibility index (Phi) is 8.28. The molecule has 1 amide bonds. The Morgan fingerprint density at radius 1 is 1.32 bits per heavy atom. The van der Waals surface area contributed by atoms with E-state index in [4.69, 9.17) is 0 Å². The molecule has 0 bridgehead atoms. The first-order valence-corrected chi connectivity index (χ1v) is 11.5. The molecule has 5 atom stereocenters. The summed E-state index contributed by atoms with van der Waals surface area (Å²) in [5, 5.41) is 21.0. The van der Waals surface area contributed by atoms with Crippen molar-refractivity contribution in [2.75, 3.05) is 14.1 Å². The number of unbranched alkanes of at least 4 members (excludes halogenated alkanes) is 1. The summed E-state index contributed by atoms with van der Waals surface area (Å²) in [7, 11) is 3.59. The van der Waals surface area contributed by atoms with Gasteiger partial charge in [0, 0.05) is 32.9 Å². The van der Waals surface area contributed by atoms with Gasteiger partial charge in [-0.2, -0.15) is 0 Å². The van der Waals surface area contributed by atoms with E-state index in [-0.39, 0.29) is 17.9 Å². The Bertz CT molecular complexity index is 839. The largest absolute Gasteiger partial charge is 0.392 e. The lowest BCUT2D eigenvalue weighted by atomic mass is 9.89. The molecule has 0 spiro atoms. The normalized spacial score (nSPS) is 26.4. The Morgan fingerprint density at radius 2 is 2.13 bits per heavy atom. The maximum absolute atomic E-state index is 11.6. The molecule has 4 heteroatoms. The van der Waals surface area contributed by atoms with Crippen LogP contribution < -0.4 is 0 Å². The van der Waals surface area contributed by atoms with Crippen LogP contribution in [0.4, 0.5) is 0 Å². The zero-order valence-corrected chi connectivity index (χ0v) is 19.1. The van der Waals surface area contributed by atoms with Gasteiger partial charge in [-0.15, -0.1) is 0 Å². The van der Waals surface area contributed by atoms with Crippen LogP contribution in [0.5, 0.6) is 0 Å². The molecular formula is C27H37NO3. The van der Waals surface area contributed by atoms with Crippen molar-refractivity contribution in [1.29, 1.82) is 0 Å². The summed E-state index contributed by atoms with van der Waals surface area (Å²) < 4.78 is 0. The molecular weight excluding hydrogens is 386 g/mol. The van der Waals surface area contributed by atoms with E-state index in [0.717, 1.165) is 31.2 Å². The van der Waals surface area contributed by atoms with E-state index < -0.39 is 6.10 Å². The number of allylic oxidation sites excluding steroid dienone is 4. The van der Waals surface area contributed by atoms with Gasteiger partial charge >= 0.3 is 0 Å². The Balaban J connectivity index is 1.48. The Morgan fingerprint density at radius 3 is 2.87 bits per heavy atom. The fourth-order valence-electron chi connectivity index (χ4n) is 4.91. The predicted molar refractivity (Wildman–Crippen MR) is 126 cm³/mol. The second-order valence-electron chi connectivity index (χ2n) is 9.38. The van der Waals surface area contributed by atoms with Gasteiger partial charge in [-0.25, -0.2) is 0 Å². The summed E-state index contributed by atoms with van der Waals surface area (Å²) >= 11 is 0. The summed E-state index contributed by atoms with van der Waals surface area (Å²) in [6.07, 6.45) is 14.4. The number of carbonyl (C=O) groups is 1. The zero-order valence-electron chi connectivity index (χ0n) is 19.1. The monoisotopic (exact) mass is 423 g/mol. The van der Waals surface area contributed by atoms with Gasteiger partial charge in [0.05, 0.1) is 12.2 Å². The zero-order chi connectivity index (χ0) is 22.4. The maximum atomic E-state index is 11.6. The van der Waals surface area contributed by atoms with Crippen LogP contribution in [-0.2, 0) is 11.2 Å². The number of hydrogen-bond acceptors (Lipinski definition) is 3. The minimum absolute atomic E-state index is 0.0945. The van der Waals surface area contributed by atoms with E-state index in [1.54, 1.807) is 19.0 Å². The maximum Gasteiger partial charge on any atom is 0.222 e. The van der Waals surface area contributed by atoms with Crippen LogP contribution in [0, 0.1) is 24.7 Å². The van der Waals surface area contributed by atoms with Gasteiger partial charge in [0.15, 0.2) is 0 Å². The Labute approximate surface area is 187 Å². The highest BCUT2D eigenvalue weighted by Crippen LogP contribution is 2.47. The van der Waals surface area contributed by atoms with Crippen LogP contribution in [0.25, 0.3) is 0 Å². The van der Waals surface area contributed by atoms with Crippen molar-refractivity contribution in [1.82, 2.24) is 4.90 Å². The van der Waals surface area contributed by atoms with Gasteiger partial charge in [0.1, 0.15) is 0 Å². The molecule has 1 aromatic carbocycles. The molecule has 168 valence electrons.